The molecule has 1 aromatic heterocycles. The van der Waals surface area contributed by atoms with Gasteiger partial charge < -0.3 is 4.90 Å². The molecular formula is C10H15ClN2. The number of hydrogen-bond acceptors (Lipinski definition) is 2. The third kappa shape index (κ3) is 2.59. The molecule has 0 unspecified atom stereocenters. The molecule has 0 aliphatic rings. The van der Waals surface area contributed by atoms with E-state index in [-0.39, 0.29) is 0 Å². The number of aromatic nitrogens is 1. The van der Waals surface area contributed by atoms with Crippen LogP contribution in [-0.4, -0.2) is 18.1 Å². The molecule has 0 radical (unpaired) electrons. The van der Waals surface area contributed by atoms with E-state index in [0.717, 1.165) is 24.6 Å². The monoisotopic (exact) mass is 198 g/mol. The molecule has 0 aliphatic carbocycles. The zero-order valence-corrected chi connectivity index (χ0v) is 8.88. The highest BCUT2D eigenvalue weighted by Gasteiger charge is 2.02. The second-order valence-corrected chi connectivity index (χ2v) is 3.06. The maximum absolute atomic E-state index is 5.71. The van der Waals surface area contributed by atoms with Crippen LogP contribution in [0.2, 0.25) is 0 Å². The van der Waals surface area contributed by atoms with Crippen molar-refractivity contribution in [2.24, 2.45) is 0 Å². The Bertz CT molecular complexity index is 259. The summed E-state index contributed by atoms with van der Waals surface area (Å²) in [5, 5.41) is 0. The van der Waals surface area contributed by atoms with Crippen molar-refractivity contribution < 1.29 is 0 Å². The lowest BCUT2D eigenvalue weighted by Crippen LogP contribution is -2.23. The van der Waals surface area contributed by atoms with Crippen LogP contribution in [0.4, 0.5) is 5.82 Å². The molecule has 0 fully saturated rings. The zero-order chi connectivity index (χ0) is 9.68. The molecule has 0 aromatic carbocycles. The zero-order valence-electron chi connectivity index (χ0n) is 8.13. The Labute approximate surface area is 84.5 Å². The topological polar surface area (TPSA) is 16.1 Å². The average molecular weight is 199 g/mol. The predicted molar refractivity (Wildman–Crippen MR) is 57.4 cm³/mol. The van der Waals surface area contributed by atoms with Gasteiger partial charge >= 0.3 is 0 Å². The lowest BCUT2D eigenvalue weighted by Gasteiger charge is -2.19. The Kier molecular flexibility index (Phi) is 4.03. The number of anilines is 1. The molecule has 0 spiro atoms. The first-order valence-electron chi connectivity index (χ1n) is 4.58. The van der Waals surface area contributed by atoms with E-state index in [0.29, 0.717) is 5.88 Å². The van der Waals surface area contributed by atoms with Crippen LogP contribution in [0.15, 0.2) is 18.2 Å². The van der Waals surface area contributed by atoms with Crippen LogP contribution in [0.3, 0.4) is 0 Å². The number of halogens is 1. The van der Waals surface area contributed by atoms with E-state index < -0.39 is 0 Å². The summed E-state index contributed by atoms with van der Waals surface area (Å²) in [7, 11) is 0. The molecule has 13 heavy (non-hydrogen) atoms. The van der Waals surface area contributed by atoms with Gasteiger partial charge in [0, 0.05) is 13.1 Å². The number of hydrogen-bond donors (Lipinski definition) is 0. The lowest BCUT2D eigenvalue weighted by molar-refractivity contribution is 0.841. The maximum atomic E-state index is 5.71. The van der Waals surface area contributed by atoms with Gasteiger partial charge in [0.15, 0.2) is 0 Å². The first-order valence-corrected chi connectivity index (χ1v) is 5.12. The molecule has 72 valence electrons. The van der Waals surface area contributed by atoms with Crippen LogP contribution in [0, 0.1) is 0 Å². The molecule has 0 aliphatic heterocycles. The largest absolute Gasteiger partial charge is 0.357 e. The van der Waals surface area contributed by atoms with E-state index in [2.05, 4.69) is 23.7 Å². The first-order chi connectivity index (χ1) is 6.31. The van der Waals surface area contributed by atoms with E-state index in [4.69, 9.17) is 11.6 Å². The summed E-state index contributed by atoms with van der Waals surface area (Å²) in [6.45, 7) is 6.21. The Morgan fingerprint density at radius 2 is 2.00 bits per heavy atom. The molecule has 0 bridgehead atoms. The molecule has 1 rings (SSSR count). The number of rotatable bonds is 4. The lowest BCUT2D eigenvalue weighted by atomic mass is 10.3. The third-order valence-corrected chi connectivity index (χ3v) is 2.29. The average Bonchev–Trinajstić information content (AvgIpc) is 2.20. The fourth-order valence-electron chi connectivity index (χ4n) is 1.27. The van der Waals surface area contributed by atoms with Gasteiger partial charge in [0.05, 0.1) is 11.6 Å². The van der Waals surface area contributed by atoms with Gasteiger partial charge in [0.1, 0.15) is 5.82 Å². The SMILES string of the molecule is CCN(CC)c1cccc(CCl)n1. The highest BCUT2D eigenvalue weighted by Crippen LogP contribution is 2.11. The standard InChI is InChI=1S/C10H15ClN2/c1-3-13(4-2)10-7-5-6-9(8-11)12-10/h5-7H,3-4,8H2,1-2H3. The molecule has 0 saturated heterocycles. The van der Waals surface area contributed by atoms with Gasteiger partial charge in [-0.15, -0.1) is 11.6 Å². The van der Waals surface area contributed by atoms with Gasteiger partial charge in [0.25, 0.3) is 0 Å². The van der Waals surface area contributed by atoms with Crippen LogP contribution >= 0.6 is 11.6 Å². The Morgan fingerprint density at radius 1 is 1.31 bits per heavy atom. The van der Waals surface area contributed by atoms with Gasteiger partial charge in [-0.2, -0.15) is 0 Å². The minimum absolute atomic E-state index is 0.481. The quantitative estimate of drug-likeness (QED) is 0.692. The molecule has 0 N–H and O–H groups in total. The van der Waals surface area contributed by atoms with Crippen LogP contribution in [0.5, 0.6) is 0 Å². The van der Waals surface area contributed by atoms with Crippen LogP contribution in [-0.2, 0) is 5.88 Å². The van der Waals surface area contributed by atoms with Gasteiger partial charge in [0.2, 0.25) is 0 Å². The van der Waals surface area contributed by atoms with Crippen molar-refractivity contribution >= 4 is 17.4 Å². The highest BCUT2D eigenvalue weighted by molar-refractivity contribution is 6.16. The van der Waals surface area contributed by atoms with E-state index in [1.807, 2.05) is 18.2 Å². The minimum atomic E-state index is 0.481. The highest BCUT2D eigenvalue weighted by atomic mass is 35.5. The Balaban J connectivity index is 2.86. The van der Waals surface area contributed by atoms with Crippen molar-refractivity contribution in [2.45, 2.75) is 19.7 Å². The van der Waals surface area contributed by atoms with E-state index in [9.17, 15) is 0 Å². The molecule has 1 heterocycles. The summed E-state index contributed by atoms with van der Waals surface area (Å²) in [5.41, 5.74) is 0.936. The maximum Gasteiger partial charge on any atom is 0.128 e. The minimum Gasteiger partial charge on any atom is -0.357 e. The molecule has 2 nitrogen and oxygen atoms in total. The van der Waals surface area contributed by atoms with Gasteiger partial charge in [-0.25, -0.2) is 4.98 Å². The first kappa shape index (κ1) is 10.3. The van der Waals surface area contributed by atoms with Gasteiger partial charge in [-0.1, -0.05) is 6.07 Å². The van der Waals surface area contributed by atoms with Crippen molar-refractivity contribution in [3.63, 3.8) is 0 Å². The fourth-order valence-corrected chi connectivity index (χ4v) is 1.41. The van der Waals surface area contributed by atoms with Crippen molar-refractivity contribution in [3.05, 3.63) is 23.9 Å². The van der Waals surface area contributed by atoms with E-state index in [1.165, 1.54) is 0 Å². The summed E-state index contributed by atoms with van der Waals surface area (Å²) >= 11 is 5.71. The second kappa shape index (κ2) is 5.07. The van der Waals surface area contributed by atoms with Crippen molar-refractivity contribution in [3.8, 4) is 0 Å². The predicted octanol–water partition coefficient (Wildman–Crippen LogP) is 2.67. The molecule has 0 atom stereocenters. The Hall–Kier alpha value is -0.760. The van der Waals surface area contributed by atoms with Gasteiger partial charge in [-0.05, 0) is 26.0 Å². The van der Waals surface area contributed by atoms with Gasteiger partial charge in [-0.3, -0.25) is 0 Å². The fraction of sp³-hybridized carbons (Fsp3) is 0.500. The smallest absolute Gasteiger partial charge is 0.128 e. The normalized spacial score (nSPS) is 10.1. The number of alkyl halides is 1. The summed E-state index contributed by atoms with van der Waals surface area (Å²) in [4.78, 5) is 6.63. The van der Waals surface area contributed by atoms with Crippen molar-refractivity contribution in [1.82, 2.24) is 4.98 Å². The summed E-state index contributed by atoms with van der Waals surface area (Å²) in [6, 6.07) is 5.96. The summed E-state index contributed by atoms with van der Waals surface area (Å²) in [5.74, 6) is 1.50. The van der Waals surface area contributed by atoms with E-state index in [1.54, 1.807) is 0 Å². The molecule has 0 saturated carbocycles. The van der Waals surface area contributed by atoms with Crippen molar-refractivity contribution in [2.75, 3.05) is 18.0 Å². The second-order valence-electron chi connectivity index (χ2n) is 2.79. The van der Waals surface area contributed by atoms with Crippen molar-refractivity contribution in [1.29, 1.82) is 0 Å². The van der Waals surface area contributed by atoms with Crippen LogP contribution in [0.1, 0.15) is 19.5 Å². The number of nitrogens with zero attached hydrogens (tertiary/aromatic N) is 2. The summed E-state index contributed by atoms with van der Waals surface area (Å²) in [6.07, 6.45) is 0. The Morgan fingerprint density at radius 3 is 2.54 bits per heavy atom. The molecule has 0 amide bonds. The number of pyridine rings is 1. The summed E-state index contributed by atoms with van der Waals surface area (Å²) < 4.78 is 0. The molecule has 3 heteroatoms. The van der Waals surface area contributed by atoms with Crippen LogP contribution < -0.4 is 4.90 Å². The molecular weight excluding hydrogens is 184 g/mol. The third-order valence-electron chi connectivity index (χ3n) is 2.02. The van der Waals surface area contributed by atoms with E-state index >= 15 is 0 Å². The molecule has 1 aromatic rings. The van der Waals surface area contributed by atoms with Crippen LogP contribution in [0.25, 0.3) is 0 Å².